The normalized spacial score (nSPS) is 12.7. The molecule has 0 aliphatic rings. The molecule has 2 rings (SSSR count). The Balaban J connectivity index is 2.61. The molecular weight excluding hydrogens is 274 g/mol. The molecule has 0 saturated carbocycles. The van der Waals surface area contributed by atoms with Crippen LogP contribution < -0.4 is 0 Å². The van der Waals surface area contributed by atoms with Crippen molar-refractivity contribution in [3.63, 3.8) is 0 Å². The Labute approximate surface area is 103 Å². The zero-order chi connectivity index (χ0) is 14.3. The molecule has 0 bridgehead atoms. The molecule has 0 amide bonds. The largest absolute Gasteiger partial charge is 0.464 e. The third kappa shape index (κ3) is 2.74. The summed E-state index contributed by atoms with van der Waals surface area (Å²) in [7, 11) is 0. The maximum atomic E-state index is 12.7. The highest BCUT2D eigenvalue weighted by atomic mass is 19.4. The van der Waals surface area contributed by atoms with Gasteiger partial charge in [-0.05, 0) is 24.3 Å². The van der Waals surface area contributed by atoms with Crippen LogP contribution in [0.1, 0.15) is 11.1 Å². The standard InChI is InChI=1S/C12H6F6O/c13-11(14,15)8-4-3-7(10-2-1-5-19-10)6-9(8)12(16,17)18/h1-6H. The Morgan fingerprint density at radius 2 is 1.42 bits per heavy atom. The average molecular weight is 280 g/mol. The van der Waals surface area contributed by atoms with E-state index in [2.05, 4.69) is 0 Å². The van der Waals surface area contributed by atoms with E-state index >= 15 is 0 Å². The molecule has 1 aromatic carbocycles. The fourth-order valence-electron chi connectivity index (χ4n) is 1.62. The number of alkyl halides is 6. The quantitative estimate of drug-likeness (QED) is 0.671. The van der Waals surface area contributed by atoms with Crippen molar-refractivity contribution in [1.29, 1.82) is 0 Å². The first kappa shape index (κ1) is 13.5. The van der Waals surface area contributed by atoms with E-state index in [-0.39, 0.29) is 11.3 Å². The van der Waals surface area contributed by atoms with E-state index < -0.39 is 23.5 Å². The smallest absolute Gasteiger partial charge is 0.417 e. The molecule has 102 valence electrons. The Morgan fingerprint density at radius 3 is 1.89 bits per heavy atom. The third-order valence-corrected chi connectivity index (χ3v) is 2.44. The highest BCUT2D eigenvalue weighted by Gasteiger charge is 2.43. The van der Waals surface area contributed by atoms with Gasteiger partial charge in [-0.3, -0.25) is 0 Å². The number of furan rings is 1. The molecule has 0 N–H and O–H groups in total. The van der Waals surface area contributed by atoms with Crippen molar-refractivity contribution >= 4 is 0 Å². The SMILES string of the molecule is FC(F)(F)c1ccc(-c2ccco2)cc1C(F)(F)F. The second kappa shape index (κ2) is 4.32. The van der Waals surface area contributed by atoms with Gasteiger partial charge in [-0.15, -0.1) is 0 Å². The van der Waals surface area contributed by atoms with Gasteiger partial charge in [0, 0.05) is 5.56 Å². The number of halogens is 6. The minimum absolute atomic E-state index is 0.0645. The Morgan fingerprint density at radius 1 is 0.789 bits per heavy atom. The Kier molecular flexibility index (Phi) is 3.07. The molecule has 0 spiro atoms. The van der Waals surface area contributed by atoms with Gasteiger partial charge in [0.25, 0.3) is 0 Å². The Hall–Kier alpha value is -1.92. The van der Waals surface area contributed by atoms with Crippen molar-refractivity contribution in [2.24, 2.45) is 0 Å². The summed E-state index contributed by atoms with van der Waals surface area (Å²) in [4.78, 5) is 0. The van der Waals surface area contributed by atoms with Crippen molar-refractivity contribution in [3.05, 3.63) is 47.7 Å². The van der Waals surface area contributed by atoms with Crippen molar-refractivity contribution in [2.75, 3.05) is 0 Å². The molecule has 0 aliphatic carbocycles. The van der Waals surface area contributed by atoms with Crippen molar-refractivity contribution in [3.8, 4) is 11.3 Å². The van der Waals surface area contributed by atoms with Crippen molar-refractivity contribution in [2.45, 2.75) is 12.4 Å². The first-order valence-electron chi connectivity index (χ1n) is 5.02. The molecule has 0 aliphatic heterocycles. The highest BCUT2D eigenvalue weighted by Crippen LogP contribution is 2.41. The molecule has 7 heteroatoms. The number of hydrogen-bond acceptors (Lipinski definition) is 1. The number of rotatable bonds is 1. The minimum Gasteiger partial charge on any atom is -0.464 e. The third-order valence-electron chi connectivity index (χ3n) is 2.44. The van der Waals surface area contributed by atoms with E-state index in [4.69, 9.17) is 4.42 Å². The van der Waals surface area contributed by atoms with Gasteiger partial charge in [0.2, 0.25) is 0 Å². The van der Waals surface area contributed by atoms with E-state index in [1.165, 1.54) is 18.4 Å². The Bertz CT molecular complexity index is 565. The highest BCUT2D eigenvalue weighted by molar-refractivity contribution is 5.60. The zero-order valence-electron chi connectivity index (χ0n) is 9.14. The van der Waals surface area contributed by atoms with E-state index in [9.17, 15) is 26.3 Å². The van der Waals surface area contributed by atoms with Crippen LogP contribution in [-0.4, -0.2) is 0 Å². The predicted molar refractivity (Wildman–Crippen MR) is 54.1 cm³/mol. The summed E-state index contributed by atoms with van der Waals surface area (Å²) in [6.07, 6.45) is -8.93. The van der Waals surface area contributed by atoms with Crippen LogP contribution in [0.5, 0.6) is 0 Å². The van der Waals surface area contributed by atoms with Crippen LogP contribution in [0.4, 0.5) is 26.3 Å². The molecule has 19 heavy (non-hydrogen) atoms. The van der Waals surface area contributed by atoms with Gasteiger partial charge in [0.1, 0.15) is 5.76 Å². The minimum atomic E-state index is -5.09. The van der Waals surface area contributed by atoms with Crippen LogP contribution >= 0.6 is 0 Å². The monoisotopic (exact) mass is 280 g/mol. The molecular formula is C12H6F6O. The summed E-state index contributed by atoms with van der Waals surface area (Å²) in [5.74, 6) is 0.0687. The maximum absolute atomic E-state index is 12.7. The molecule has 2 aromatic rings. The van der Waals surface area contributed by atoms with Crippen molar-refractivity contribution in [1.82, 2.24) is 0 Å². The lowest BCUT2D eigenvalue weighted by Gasteiger charge is -2.16. The van der Waals surface area contributed by atoms with Crippen LogP contribution in [0.15, 0.2) is 41.0 Å². The molecule has 1 nitrogen and oxygen atoms in total. The van der Waals surface area contributed by atoms with Crippen LogP contribution in [0.3, 0.4) is 0 Å². The first-order chi connectivity index (χ1) is 8.69. The number of benzene rings is 1. The molecule has 0 radical (unpaired) electrons. The summed E-state index contributed by atoms with van der Waals surface area (Å²) in [6, 6.07) is 4.57. The second-order valence-electron chi connectivity index (χ2n) is 3.73. The lowest BCUT2D eigenvalue weighted by molar-refractivity contribution is -0.162. The first-order valence-corrected chi connectivity index (χ1v) is 5.02. The molecule has 1 heterocycles. The molecule has 1 aromatic heterocycles. The van der Waals surface area contributed by atoms with Crippen LogP contribution in [0, 0.1) is 0 Å². The zero-order valence-corrected chi connectivity index (χ0v) is 9.14. The summed E-state index contributed by atoms with van der Waals surface area (Å²) < 4.78 is 80.5. The molecule has 0 fully saturated rings. The second-order valence-corrected chi connectivity index (χ2v) is 3.73. The van der Waals surface area contributed by atoms with Crippen LogP contribution in [-0.2, 0) is 12.4 Å². The number of hydrogen-bond donors (Lipinski definition) is 0. The van der Waals surface area contributed by atoms with E-state index in [1.807, 2.05) is 0 Å². The predicted octanol–water partition coefficient (Wildman–Crippen LogP) is 4.98. The summed E-state index contributed by atoms with van der Waals surface area (Å²) in [5.41, 5.74) is -3.51. The van der Waals surface area contributed by atoms with Crippen LogP contribution in [0.25, 0.3) is 11.3 Å². The fraction of sp³-hybridized carbons (Fsp3) is 0.167. The summed E-state index contributed by atoms with van der Waals surface area (Å²) >= 11 is 0. The van der Waals surface area contributed by atoms with Crippen LogP contribution in [0.2, 0.25) is 0 Å². The topological polar surface area (TPSA) is 13.1 Å². The fourth-order valence-corrected chi connectivity index (χ4v) is 1.62. The molecule has 0 saturated heterocycles. The van der Waals surface area contributed by atoms with E-state index in [1.54, 1.807) is 0 Å². The molecule has 0 atom stereocenters. The average Bonchev–Trinajstić information content (AvgIpc) is 2.79. The van der Waals surface area contributed by atoms with E-state index in [0.717, 1.165) is 6.07 Å². The summed E-state index contributed by atoms with van der Waals surface area (Å²) in [6.45, 7) is 0. The van der Waals surface area contributed by atoms with Crippen molar-refractivity contribution < 1.29 is 30.8 Å². The van der Waals surface area contributed by atoms with Gasteiger partial charge in [0.15, 0.2) is 0 Å². The van der Waals surface area contributed by atoms with Gasteiger partial charge >= 0.3 is 12.4 Å². The van der Waals surface area contributed by atoms with Gasteiger partial charge in [0.05, 0.1) is 17.4 Å². The van der Waals surface area contributed by atoms with Gasteiger partial charge < -0.3 is 4.42 Å². The maximum Gasteiger partial charge on any atom is 0.417 e. The van der Waals surface area contributed by atoms with Gasteiger partial charge in [-0.25, -0.2) is 0 Å². The summed E-state index contributed by atoms with van der Waals surface area (Å²) in [5, 5.41) is 0. The van der Waals surface area contributed by atoms with Gasteiger partial charge in [-0.1, -0.05) is 6.07 Å². The van der Waals surface area contributed by atoms with Gasteiger partial charge in [-0.2, -0.15) is 26.3 Å². The van der Waals surface area contributed by atoms with E-state index in [0.29, 0.717) is 12.1 Å². The lowest BCUT2D eigenvalue weighted by atomic mass is 10.0. The molecule has 0 unspecified atom stereocenters. The lowest BCUT2D eigenvalue weighted by Crippen LogP contribution is -2.16.